The number of amides is 3. The Kier molecular flexibility index (Phi) is 12.4. The predicted molar refractivity (Wildman–Crippen MR) is 81.8 cm³/mol. The number of unbranched alkanes of at least 4 members (excludes halogenated alkanes) is 3. The van der Waals surface area contributed by atoms with Gasteiger partial charge in [0.25, 0.3) is 0 Å². The van der Waals surface area contributed by atoms with Gasteiger partial charge in [0.05, 0.1) is 6.61 Å². The fourth-order valence-electron chi connectivity index (χ4n) is 1.52. The van der Waals surface area contributed by atoms with Gasteiger partial charge in [-0.15, -0.1) is 0 Å². The molecule has 3 amide bonds. The zero-order chi connectivity index (χ0) is 15.2. The molecule has 0 aliphatic rings. The van der Waals surface area contributed by atoms with Crippen LogP contribution in [-0.4, -0.2) is 55.1 Å². The molecule has 0 rings (SSSR count). The van der Waals surface area contributed by atoms with Crippen LogP contribution in [0.2, 0.25) is 0 Å². The van der Waals surface area contributed by atoms with Crippen molar-refractivity contribution in [2.75, 3.05) is 32.0 Å². The van der Waals surface area contributed by atoms with Crippen LogP contribution >= 0.6 is 12.6 Å². The molecule has 0 aliphatic heterocycles. The summed E-state index contributed by atoms with van der Waals surface area (Å²) in [6.07, 6.45) is 4.63. The van der Waals surface area contributed by atoms with Gasteiger partial charge in [0, 0.05) is 13.1 Å². The lowest BCUT2D eigenvalue weighted by atomic mass is 10.2. The van der Waals surface area contributed by atoms with E-state index in [1.807, 2.05) is 0 Å². The first-order valence-corrected chi connectivity index (χ1v) is 7.51. The lowest BCUT2D eigenvalue weighted by molar-refractivity contribution is -0.120. The van der Waals surface area contributed by atoms with Crippen molar-refractivity contribution in [2.24, 2.45) is 5.73 Å². The van der Waals surface area contributed by atoms with Crippen molar-refractivity contribution < 1.29 is 14.7 Å². The summed E-state index contributed by atoms with van der Waals surface area (Å²) in [4.78, 5) is 22.1. The minimum atomic E-state index is -1.05. The number of rotatable bonds is 12. The van der Waals surface area contributed by atoms with Crippen LogP contribution in [0, 0.1) is 0 Å². The smallest absolute Gasteiger partial charge is 0.315 e. The molecule has 7 nitrogen and oxygen atoms in total. The first kappa shape index (κ1) is 19.0. The number of hydrogen-bond donors (Lipinski definition) is 6. The third-order valence-electron chi connectivity index (χ3n) is 2.68. The summed E-state index contributed by atoms with van der Waals surface area (Å²) in [7, 11) is 0. The maximum atomic E-state index is 11.3. The van der Waals surface area contributed by atoms with Gasteiger partial charge in [-0.25, -0.2) is 4.79 Å². The number of aliphatic hydroxyl groups excluding tert-OH is 1. The highest BCUT2D eigenvalue weighted by Crippen LogP contribution is 1.99. The third-order valence-corrected chi connectivity index (χ3v) is 3.00. The largest absolute Gasteiger partial charge is 0.394 e. The van der Waals surface area contributed by atoms with Gasteiger partial charge in [-0.05, 0) is 25.1 Å². The van der Waals surface area contributed by atoms with Crippen LogP contribution in [0.1, 0.15) is 25.7 Å². The molecule has 0 radical (unpaired) electrons. The Balaban J connectivity index is 3.41. The molecular weight excluding hydrogens is 280 g/mol. The first-order chi connectivity index (χ1) is 9.61. The minimum absolute atomic E-state index is 0.444. The number of nitrogens with two attached hydrogens (primary N) is 1. The number of hydrogen-bond acceptors (Lipinski definition) is 5. The van der Waals surface area contributed by atoms with Gasteiger partial charge in [0.2, 0.25) is 5.91 Å². The molecule has 0 aromatic carbocycles. The van der Waals surface area contributed by atoms with Gasteiger partial charge in [-0.2, -0.15) is 12.6 Å². The third kappa shape index (κ3) is 10.9. The van der Waals surface area contributed by atoms with E-state index in [4.69, 9.17) is 10.8 Å². The number of primary amides is 1. The summed E-state index contributed by atoms with van der Waals surface area (Å²) in [5.41, 5.74) is 4.98. The van der Waals surface area contributed by atoms with Crippen LogP contribution in [0.25, 0.3) is 0 Å². The second-order valence-electron chi connectivity index (χ2n) is 4.43. The van der Waals surface area contributed by atoms with Gasteiger partial charge in [-0.1, -0.05) is 12.8 Å². The van der Waals surface area contributed by atoms with Crippen molar-refractivity contribution in [2.45, 2.75) is 31.7 Å². The Morgan fingerprint density at radius 3 is 2.40 bits per heavy atom. The summed E-state index contributed by atoms with van der Waals surface area (Å²) in [6.45, 7) is 1.50. The van der Waals surface area contributed by atoms with Crippen molar-refractivity contribution >= 4 is 24.6 Å². The lowest BCUT2D eigenvalue weighted by Gasteiger charge is -2.13. The van der Waals surface area contributed by atoms with Gasteiger partial charge in [-0.3, -0.25) is 4.79 Å². The number of nitrogens with one attached hydrogen (secondary N) is 3. The molecule has 0 spiro atoms. The zero-order valence-electron chi connectivity index (χ0n) is 11.7. The number of urea groups is 1. The molecule has 20 heavy (non-hydrogen) atoms. The van der Waals surface area contributed by atoms with Gasteiger partial charge in [0.15, 0.2) is 0 Å². The summed E-state index contributed by atoms with van der Waals surface area (Å²) < 4.78 is 0. The van der Waals surface area contributed by atoms with E-state index in [0.29, 0.717) is 13.1 Å². The molecular formula is C12H26N4O3S. The molecule has 0 aromatic heterocycles. The van der Waals surface area contributed by atoms with Crippen LogP contribution in [0.15, 0.2) is 0 Å². The number of carbonyl (C=O) groups is 2. The summed E-state index contributed by atoms with van der Waals surface area (Å²) >= 11 is 4.15. The monoisotopic (exact) mass is 306 g/mol. The van der Waals surface area contributed by atoms with E-state index < -0.39 is 24.6 Å². The molecule has 1 atom stereocenters. The average molecular weight is 306 g/mol. The molecule has 8 heteroatoms. The Bertz CT molecular complexity index is 279. The van der Waals surface area contributed by atoms with Crippen molar-refractivity contribution in [1.82, 2.24) is 16.0 Å². The molecule has 0 aliphatic carbocycles. The number of thiol groups is 1. The SMILES string of the molecule is NC(=O)[C@H](CO)NC(=O)NCCNCCCCCCS. The summed E-state index contributed by atoms with van der Waals surface area (Å²) in [5, 5.41) is 16.9. The van der Waals surface area contributed by atoms with Crippen LogP contribution in [0.5, 0.6) is 0 Å². The van der Waals surface area contributed by atoms with Crippen molar-refractivity contribution in [3.8, 4) is 0 Å². The normalized spacial score (nSPS) is 11.9. The average Bonchev–Trinajstić information content (AvgIpc) is 2.42. The van der Waals surface area contributed by atoms with Crippen molar-refractivity contribution in [3.05, 3.63) is 0 Å². The van der Waals surface area contributed by atoms with E-state index in [2.05, 4.69) is 28.6 Å². The van der Waals surface area contributed by atoms with E-state index in [-0.39, 0.29) is 0 Å². The predicted octanol–water partition coefficient (Wildman–Crippen LogP) is -0.788. The second-order valence-corrected chi connectivity index (χ2v) is 4.87. The first-order valence-electron chi connectivity index (χ1n) is 6.88. The fourth-order valence-corrected chi connectivity index (χ4v) is 1.74. The van der Waals surface area contributed by atoms with E-state index in [9.17, 15) is 9.59 Å². The van der Waals surface area contributed by atoms with Crippen LogP contribution in [0.3, 0.4) is 0 Å². The zero-order valence-corrected chi connectivity index (χ0v) is 12.6. The Morgan fingerprint density at radius 2 is 1.80 bits per heavy atom. The fraction of sp³-hybridized carbons (Fsp3) is 0.833. The Morgan fingerprint density at radius 1 is 1.10 bits per heavy atom. The molecule has 0 saturated carbocycles. The molecule has 0 unspecified atom stereocenters. The van der Waals surface area contributed by atoms with Gasteiger partial charge >= 0.3 is 6.03 Å². The highest BCUT2D eigenvalue weighted by molar-refractivity contribution is 7.80. The van der Waals surface area contributed by atoms with Gasteiger partial charge in [0.1, 0.15) is 6.04 Å². The quantitative estimate of drug-likeness (QED) is 0.209. The molecule has 0 saturated heterocycles. The Hall–Kier alpha value is -0.990. The van der Waals surface area contributed by atoms with E-state index in [0.717, 1.165) is 25.1 Å². The van der Waals surface area contributed by atoms with Crippen molar-refractivity contribution in [1.29, 1.82) is 0 Å². The molecule has 0 heterocycles. The van der Waals surface area contributed by atoms with Crippen LogP contribution < -0.4 is 21.7 Å². The van der Waals surface area contributed by atoms with E-state index in [1.165, 1.54) is 12.8 Å². The maximum Gasteiger partial charge on any atom is 0.315 e. The highest BCUT2D eigenvalue weighted by Gasteiger charge is 2.15. The topological polar surface area (TPSA) is 116 Å². The van der Waals surface area contributed by atoms with Crippen molar-refractivity contribution in [3.63, 3.8) is 0 Å². The molecule has 0 fully saturated rings. The number of aliphatic hydroxyl groups is 1. The Labute approximate surface area is 125 Å². The standard InChI is InChI=1S/C12H26N4O3S/c13-11(18)10(9-17)16-12(19)15-7-6-14-5-3-1-2-4-8-20/h10,14,17,20H,1-9H2,(H2,13,18)(H2,15,16,19)/t10-/m0/s1. The minimum Gasteiger partial charge on any atom is -0.394 e. The summed E-state index contributed by atoms with van der Waals surface area (Å²) in [5.74, 6) is 0.175. The lowest BCUT2D eigenvalue weighted by Crippen LogP contribution is -2.51. The highest BCUT2D eigenvalue weighted by atomic mass is 32.1. The number of carbonyl (C=O) groups excluding carboxylic acids is 2. The van der Waals surface area contributed by atoms with Gasteiger partial charge < -0.3 is 26.8 Å². The maximum absolute atomic E-state index is 11.3. The second kappa shape index (κ2) is 13.0. The van der Waals surface area contributed by atoms with E-state index >= 15 is 0 Å². The molecule has 0 bridgehead atoms. The molecule has 0 aromatic rings. The summed E-state index contributed by atoms with van der Waals surface area (Å²) in [6, 6.07) is -1.56. The molecule has 118 valence electrons. The van der Waals surface area contributed by atoms with E-state index in [1.54, 1.807) is 0 Å². The molecule has 6 N–H and O–H groups in total. The van der Waals surface area contributed by atoms with Crippen LogP contribution in [0.4, 0.5) is 4.79 Å². The van der Waals surface area contributed by atoms with Crippen LogP contribution in [-0.2, 0) is 4.79 Å².